The largest absolute Gasteiger partial charge is 0.457 e. The summed E-state index contributed by atoms with van der Waals surface area (Å²) in [5.74, 6) is 0.389. The van der Waals surface area contributed by atoms with Gasteiger partial charge in [0.25, 0.3) is 5.56 Å². The van der Waals surface area contributed by atoms with Crippen LogP contribution in [0.25, 0.3) is 11.0 Å². The van der Waals surface area contributed by atoms with Gasteiger partial charge in [-0.15, -0.1) is 0 Å². The monoisotopic (exact) mass is 369 g/mol. The Morgan fingerprint density at radius 2 is 2.36 bits per heavy atom. The molecule has 0 saturated carbocycles. The van der Waals surface area contributed by atoms with Gasteiger partial charge in [-0.25, -0.2) is 0 Å². The number of halogens is 2. The number of aromatic nitrogens is 1. The molecule has 0 atom stereocenters. The van der Waals surface area contributed by atoms with Crippen LogP contribution >= 0.6 is 38.8 Å². The van der Waals surface area contributed by atoms with Crippen LogP contribution in [0, 0.1) is 0 Å². The predicted octanol–water partition coefficient (Wildman–Crippen LogP) is 2.05. The van der Waals surface area contributed by atoms with Crippen molar-refractivity contribution in [2.75, 3.05) is 0 Å². The first-order valence-electron chi connectivity index (χ1n) is 3.74. The summed E-state index contributed by atoms with van der Waals surface area (Å²) in [5, 5.41) is 9.34. The van der Waals surface area contributed by atoms with E-state index in [0.717, 1.165) is 0 Å². The molecule has 0 spiro atoms. The van der Waals surface area contributed by atoms with Crippen molar-refractivity contribution in [3.63, 3.8) is 0 Å². The highest BCUT2D eigenvalue weighted by atomic mass is 127. The summed E-state index contributed by atoms with van der Waals surface area (Å²) in [6, 6.07) is 1.55. The molecule has 0 fully saturated rings. The molecule has 0 amide bonds. The smallest absolute Gasteiger partial charge is 0.270 e. The first kappa shape index (κ1) is 10.2. The summed E-state index contributed by atoms with van der Waals surface area (Å²) in [7, 11) is 0. The van der Waals surface area contributed by atoms with Crippen LogP contribution in [-0.2, 0) is 6.61 Å². The highest BCUT2D eigenvalue weighted by Crippen LogP contribution is 2.24. The van der Waals surface area contributed by atoms with Gasteiger partial charge >= 0.3 is 0 Å². The zero-order valence-electron chi connectivity index (χ0n) is 6.83. The molecule has 2 aromatic heterocycles. The normalized spacial score (nSPS) is 11.1. The minimum Gasteiger partial charge on any atom is -0.457 e. The molecule has 4 nitrogen and oxygen atoms in total. The predicted molar refractivity (Wildman–Crippen MR) is 63.5 cm³/mol. The van der Waals surface area contributed by atoms with Crippen LogP contribution in [0.4, 0.5) is 0 Å². The van der Waals surface area contributed by atoms with Gasteiger partial charge in [0.05, 0.1) is 32.7 Å². The van der Waals surface area contributed by atoms with Crippen molar-refractivity contribution in [1.82, 2.24) is 2.78 Å². The van der Waals surface area contributed by atoms with Crippen LogP contribution in [0.5, 0.6) is 0 Å². The van der Waals surface area contributed by atoms with Gasteiger partial charge in [-0.3, -0.25) is 7.58 Å². The maximum atomic E-state index is 11.6. The fourth-order valence-corrected chi connectivity index (χ4v) is 2.61. The quantitative estimate of drug-likeness (QED) is 0.783. The maximum Gasteiger partial charge on any atom is 0.270 e. The molecule has 0 unspecified atom stereocenters. The Hall–Kier alpha value is -0.340. The molecule has 1 N–H and O–H groups in total. The van der Waals surface area contributed by atoms with Gasteiger partial charge in [-0.1, -0.05) is 0 Å². The van der Waals surface area contributed by atoms with Crippen LogP contribution < -0.4 is 5.56 Å². The van der Waals surface area contributed by atoms with Gasteiger partial charge < -0.3 is 9.52 Å². The highest BCUT2D eigenvalue weighted by Gasteiger charge is 2.11. The van der Waals surface area contributed by atoms with Gasteiger partial charge in [0.2, 0.25) is 0 Å². The van der Waals surface area contributed by atoms with Crippen LogP contribution in [0.2, 0.25) is 0 Å². The molecule has 2 heterocycles. The minimum atomic E-state index is -0.207. The second kappa shape index (κ2) is 3.67. The lowest BCUT2D eigenvalue weighted by atomic mass is 10.3. The average Bonchev–Trinajstić information content (AvgIpc) is 2.58. The standard InChI is InChI=1S/C8H5BrINO3/c9-6-2-11(10)8(13)5-1-4(3-12)14-7(5)6/h1-2,12H,3H2. The van der Waals surface area contributed by atoms with E-state index in [1.807, 2.05) is 22.9 Å². The number of fused-ring (bicyclic) bond motifs is 1. The Bertz CT molecular complexity index is 545. The molecular weight excluding hydrogens is 365 g/mol. The van der Waals surface area contributed by atoms with Crippen molar-refractivity contribution in [2.45, 2.75) is 6.61 Å². The Balaban J connectivity index is 2.91. The van der Waals surface area contributed by atoms with E-state index < -0.39 is 0 Å². The fraction of sp³-hybridized carbons (Fsp3) is 0.125. The molecule has 2 aromatic rings. The lowest BCUT2D eigenvalue weighted by Crippen LogP contribution is -2.10. The van der Waals surface area contributed by atoms with Gasteiger partial charge in [0, 0.05) is 6.20 Å². The lowest BCUT2D eigenvalue weighted by Gasteiger charge is -1.95. The fourth-order valence-electron chi connectivity index (χ4n) is 1.19. The van der Waals surface area contributed by atoms with E-state index >= 15 is 0 Å². The van der Waals surface area contributed by atoms with Crippen molar-refractivity contribution < 1.29 is 9.52 Å². The van der Waals surface area contributed by atoms with Crippen molar-refractivity contribution in [1.29, 1.82) is 0 Å². The Kier molecular flexibility index (Phi) is 2.67. The number of nitrogens with zero attached hydrogens (tertiary/aromatic N) is 1. The molecule has 74 valence electrons. The van der Waals surface area contributed by atoms with Crippen molar-refractivity contribution in [2.24, 2.45) is 0 Å². The molecule has 0 aliphatic rings. The third kappa shape index (κ3) is 1.51. The summed E-state index contributed by atoms with van der Waals surface area (Å²) < 4.78 is 7.40. The number of hydrogen-bond donors (Lipinski definition) is 1. The summed E-state index contributed by atoms with van der Waals surface area (Å²) in [6.07, 6.45) is 1.62. The topological polar surface area (TPSA) is 55.4 Å². The molecule has 2 rings (SSSR count). The number of aliphatic hydroxyl groups is 1. The van der Waals surface area contributed by atoms with E-state index in [2.05, 4.69) is 15.9 Å². The first-order chi connectivity index (χ1) is 6.63. The molecule has 0 saturated heterocycles. The van der Waals surface area contributed by atoms with Crippen molar-refractivity contribution >= 4 is 49.8 Å². The highest BCUT2D eigenvalue weighted by molar-refractivity contribution is 14.1. The van der Waals surface area contributed by atoms with Gasteiger partial charge in [0.15, 0.2) is 5.58 Å². The van der Waals surface area contributed by atoms with Crippen LogP contribution in [0.15, 0.2) is 25.9 Å². The SMILES string of the molecule is O=c1c2cc(CO)oc2c(Br)cn1I. The minimum absolute atomic E-state index is 0.146. The Morgan fingerprint density at radius 1 is 1.64 bits per heavy atom. The summed E-state index contributed by atoms with van der Waals surface area (Å²) in [4.78, 5) is 11.6. The average molecular weight is 370 g/mol. The van der Waals surface area contributed by atoms with Gasteiger partial charge in [0.1, 0.15) is 12.4 Å². The van der Waals surface area contributed by atoms with Crippen LogP contribution in [0.3, 0.4) is 0 Å². The number of furan rings is 1. The Morgan fingerprint density at radius 3 is 3.00 bits per heavy atom. The zero-order valence-corrected chi connectivity index (χ0v) is 10.6. The third-order valence-electron chi connectivity index (χ3n) is 1.81. The van der Waals surface area contributed by atoms with Crippen LogP contribution in [0.1, 0.15) is 5.76 Å². The van der Waals surface area contributed by atoms with Crippen LogP contribution in [-0.4, -0.2) is 7.89 Å². The van der Waals surface area contributed by atoms with Gasteiger partial charge in [-0.2, -0.15) is 0 Å². The first-order valence-corrected chi connectivity index (χ1v) is 5.50. The lowest BCUT2D eigenvalue weighted by molar-refractivity contribution is 0.251. The van der Waals surface area contributed by atoms with E-state index in [1.165, 1.54) is 2.78 Å². The van der Waals surface area contributed by atoms with E-state index in [-0.39, 0.29) is 12.2 Å². The molecule has 0 aromatic carbocycles. The van der Waals surface area contributed by atoms with Gasteiger partial charge in [-0.05, 0) is 22.0 Å². The summed E-state index contributed by atoms with van der Waals surface area (Å²) >= 11 is 5.17. The Labute approximate surface area is 101 Å². The van der Waals surface area contributed by atoms with E-state index in [9.17, 15) is 4.79 Å². The summed E-state index contributed by atoms with van der Waals surface area (Å²) in [5.41, 5.74) is 0.333. The molecule has 6 heteroatoms. The second-order valence-corrected chi connectivity index (χ2v) is 4.60. The van der Waals surface area contributed by atoms with E-state index in [4.69, 9.17) is 9.52 Å². The van der Waals surface area contributed by atoms with E-state index in [1.54, 1.807) is 12.3 Å². The molecule has 0 radical (unpaired) electrons. The van der Waals surface area contributed by atoms with Crippen molar-refractivity contribution in [3.05, 3.63) is 32.8 Å². The number of rotatable bonds is 1. The molecule has 0 aliphatic carbocycles. The molecule has 0 bridgehead atoms. The number of hydrogen-bond acceptors (Lipinski definition) is 3. The molecule has 14 heavy (non-hydrogen) atoms. The molecular formula is C8H5BrINO3. The third-order valence-corrected chi connectivity index (χ3v) is 3.09. The second-order valence-electron chi connectivity index (χ2n) is 2.71. The molecule has 0 aliphatic heterocycles. The summed E-state index contributed by atoms with van der Waals surface area (Å²) in [6.45, 7) is -0.207. The zero-order chi connectivity index (χ0) is 10.3. The maximum absolute atomic E-state index is 11.6. The van der Waals surface area contributed by atoms with E-state index in [0.29, 0.717) is 21.2 Å². The van der Waals surface area contributed by atoms with Crippen molar-refractivity contribution in [3.8, 4) is 0 Å². The number of pyridine rings is 1. The number of aliphatic hydroxyl groups excluding tert-OH is 1.